The van der Waals surface area contributed by atoms with Gasteiger partial charge in [-0.05, 0) is 11.6 Å². The SMILES string of the molecule is CN(C)C(=O)Cc1cccc(Cl)c1Cl. The summed E-state index contributed by atoms with van der Waals surface area (Å²) >= 11 is 11.8. The fourth-order valence-electron chi connectivity index (χ4n) is 1.01. The number of nitrogens with zero attached hydrogens (tertiary/aromatic N) is 1. The predicted octanol–water partition coefficient (Wildman–Crippen LogP) is 2.62. The van der Waals surface area contributed by atoms with Crippen LogP contribution in [0.25, 0.3) is 0 Å². The summed E-state index contributed by atoms with van der Waals surface area (Å²) < 4.78 is 0. The minimum Gasteiger partial charge on any atom is -0.349 e. The Bertz CT molecular complexity index is 350. The van der Waals surface area contributed by atoms with Crippen LogP contribution < -0.4 is 0 Å². The van der Waals surface area contributed by atoms with E-state index in [1.165, 1.54) is 4.90 Å². The summed E-state index contributed by atoms with van der Waals surface area (Å²) in [6.07, 6.45) is 0.284. The van der Waals surface area contributed by atoms with Crippen LogP contribution in [-0.4, -0.2) is 24.9 Å². The molecule has 0 aromatic heterocycles. The number of rotatable bonds is 2. The Labute approximate surface area is 93.4 Å². The number of amides is 1. The van der Waals surface area contributed by atoms with Crippen molar-refractivity contribution >= 4 is 29.1 Å². The standard InChI is InChI=1S/C10H11Cl2NO/c1-13(2)9(14)6-7-4-3-5-8(11)10(7)12/h3-5H,6H2,1-2H3. The van der Waals surface area contributed by atoms with Crippen LogP contribution in [0, 0.1) is 0 Å². The molecule has 0 heterocycles. The lowest BCUT2D eigenvalue weighted by Crippen LogP contribution is -2.23. The molecular weight excluding hydrogens is 221 g/mol. The summed E-state index contributed by atoms with van der Waals surface area (Å²) in [4.78, 5) is 12.9. The highest BCUT2D eigenvalue weighted by Gasteiger charge is 2.10. The Morgan fingerprint density at radius 2 is 2.00 bits per heavy atom. The number of carbonyl (C=O) groups is 1. The molecule has 2 nitrogen and oxygen atoms in total. The molecule has 76 valence electrons. The second-order valence-electron chi connectivity index (χ2n) is 3.18. The van der Waals surface area contributed by atoms with Gasteiger partial charge in [0.15, 0.2) is 0 Å². The van der Waals surface area contributed by atoms with Crippen molar-refractivity contribution in [1.29, 1.82) is 0 Å². The van der Waals surface area contributed by atoms with Crippen LogP contribution in [0.5, 0.6) is 0 Å². The first-order chi connectivity index (χ1) is 6.52. The van der Waals surface area contributed by atoms with Crippen LogP contribution in [0.4, 0.5) is 0 Å². The van der Waals surface area contributed by atoms with Crippen LogP contribution in [-0.2, 0) is 11.2 Å². The smallest absolute Gasteiger partial charge is 0.226 e. The van der Waals surface area contributed by atoms with E-state index in [9.17, 15) is 4.79 Å². The van der Waals surface area contributed by atoms with E-state index in [1.807, 2.05) is 0 Å². The summed E-state index contributed by atoms with van der Waals surface area (Å²) in [5.74, 6) is 0.00849. The Balaban J connectivity index is 2.87. The van der Waals surface area contributed by atoms with Gasteiger partial charge in [-0.2, -0.15) is 0 Å². The molecule has 0 radical (unpaired) electrons. The molecule has 0 bridgehead atoms. The molecule has 0 aliphatic heterocycles. The number of hydrogen-bond donors (Lipinski definition) is 0. The molecule has 0 saturated heterocycles. The van der Waals surface area contributed by atoms with Crippen LogP contribution in [0.3, 0.4) is 0 Å². The van der Waals surface area contributed by atoms with Crippen molar-refractivity contribution in [2.45, 2.75) is 6.42 Å². The average Bonchev–Trinajstić information content (AvgIpc) is 2.12. The Morgan fingerprint density at radius 1 is 1.36 bits per heavy atom. The zero-order valence-corrected chi connectivity index (χ0v) is 9.56. The maximum Gasteiger partial charge on any atom is 0.226 e. The zero-order valence-electron chi connectivity index (χ0n) is 8.05. The first-order valence-electron chi connectivity index (χ1n) is 4.15. The molecule has 0 atom stereocenters. The maximum absolute atomic E-state index is 11.4. The lowest BCUT2D eigenvalue weighted by Gasteiger charge is -2.11. The third kappa shape index (κ3) is 2.63. The van der Waals surface area contributed by atoms with Gasteiger partial charge in [-0.1, -0.05) is 35.3 Å². The molecule has 1 aromatic carbocycles. The summed E-state index contributed by atoms with van der Waals surface area (Å²) in [6, 6.07) is 5.29. The molecule has 0 fully saturated rings. The van der Waals surface area contributed by atoms with Crippen molar-refractivity contribution in [3.05, 3.63) is 33.8 Å². The monoisotopic (exact) mass is 231 g/mol. The van der Waals surface area contributed by atoms with Gasteiger partial charge in [-0.3, -0.25) is 4.79 Å². The van der Waals surface area contributed by atoms with Crippen molar-refractivity contribution in [3.63, 3.8) is 0 Å². The Hall–Kier alpha value is -0.730. The third-order valence-electron chi connectivity index (χ3n) is 1.87. The van der Waals surface area contributed by atoms with Crippen molar-refractivity contribution in [1.82, 2.24) is 4.90 Å². The normalized spacial score (nSPS) is 10.0. The molecule has 1 aromatic rings. The van der Waals surface area contributed by atoms with Gasteiger partial charge in [0.25, 0.3) is 0 Å². The third-order valence-corrected chi connectivity index (χ3v) is 2.73. The summed E-state index contributed by atoms with van der Waals surface area (Å²) in [5.41, 5.74) is 0.762. The van der Waals surface area contributed by atoms with Crippen LogP contribution in [0.1, 0.15) is 5.56 Å². The van der Waals surface area contributed by atoms with E-state index in [2.05, 4.69) is 0 Å². The molecule has 0 unspecified atom stereocenters. The highest BCUT2D eigenvalue weighted by Crippen LogP contribution is 2.25. The van der Waals surface area contributed by atoms with E-state index in [0.717, 1.165) is 5.56 Å². The average molecular weight is 232 g/mol. The Morgan fingerprint density at radius 3 is 2.57 bits per heavy atom. The number of halogens is 2. The van der Waals surface area contributed by atoms with Gasteiger partial charge in [0.1, 0.15) is 0 Å². The second kappa shape index (κ2) is 4.67. The van der Waals surface area contributed by atoms with Crippen LogP contribution in [0.2, 0.25) is 10.0 Å². The Kier molecular flexibility index (Phi) is 3.78. The molecule has 0 N–H and O–H groups in total. The molecule has 0 aliphatic carbocycles. The first-order valence-corrected chi connectivity index (χ1v) is 4.91. The van der Waals surface area contributed by atoms with Crippen molar-refractivity contribution in [3.8, 4) is 0 Å². The molecule has 0 saturated carbocycles. The van der Waals surface area contributed by atoms with Crippen LogP contribution in [0.15, 0.2) is 18.2 Å². The van der Waals surface area contributed by atoms with Gasteiger partial charge in [-0.15, -0.1) is 0 Å². The van der Waals surface area contributed by atoms with Crippen LogP contribution >= 0.6 is 23.2 Å². The van der Waals surface area contributed by atoms with E-state index < -0.39 is 0 Å². The van der Waals surface area contributed by atoms with E-state index in [0.29, 0.717) is 10.0 Å². The van der Waals surface area contributed by atoms with Gasteiger partial charge in [-0.25, -0.2) is 0 Å². The number of benzene rings is 1. The fraction of sp³-hybridized carbons (Fsp3) is 0.300. The van der Waals surface area contributed by atoms with Crippen molar-refractivity contribution in [2.24, 2.45) is 0 Å². The maximum atomic E-state index is 11.4. The van der Waals surface area contributed by atoms with Gasteiger partial charge in [0, 0.05) is 14.1 Å². The lowest BCUT2D eigenvalue weighted by molar-refractivity contribution is -0.127. The van der Waals surface area contributed by atoms with Gasteiger partial charge >= 0.3 is 0 Å². The minimum atomic E-state index is 0.00849. The topological polar surface area (TPSA) is 20.3 Å². The number of carbonyl (C=O) groups excluding carboxylic acids is 1. The minimum absolute atomic E-state index is 0.00849. The predicted molar refractivity (Wildman–Crippen MR) is 58.9 cm³/mol. The molecular formula is C10H11Cl2NO. The second-order valence-corrected chi connectivity index (χ2v) is 3.96. The molecule has 0 aliphatic rings. The lowest BCUT2D eigenvalue weighted by atomic mass is 10.1. The molecule has 0 spiro atoms. The van der Waals surface area contributed by atoms with E-state index >= 15 is 0 Å². The first kappa shape index (κ1) is 11.3. The quantitative estimate of drug-likeness (QED) is 0.767. The van der Waals surface area contributed by atoms with Gasteiger partial charge < -0.3 is 4.90 Å². The summed E-state index contributed by atoms with van der Waals surface area (Å²) in [6.45, 7) is 0. The zero-order chi connectivity index (χ0) is 10.7. The fourth-order valence-corrected chi connectivity index (χ4v) is 1.39. The highest BCUT2D eigenvalue weighted by atomic mass is 35.5. The number of likely N-dealkylation sites (N-methyl/N-ethyl adjacent to an activating group) is 1. The summed E-state index contributed by atoms with van der Waals surface area (Å²) in [7, 11) is 3.42. The summed E-state index contributed by atoms with van der Waals surface area (Å²) in [5, 5.41) is 0.945. The van der Waals surface area contributed by atoms with E-state index in [-0.39, 0.29) is 12.3 Å². The largest absolute Gasteiger partial charge is 0.349 e. The van der Waals surface area contributed by atoms with Crippen molar-refractivity contribution < 1.29 is 4.79 Å². The van der Waals surface area contributed by atoms with Crippen molar-refractivity contribution in [2.75, 3.05) is 14.1 Å². The molecule has 14 heavy (non-hydrogen) atoms. The molecule has 1 rings (SSSR count). The molecule has 1 amide bonds. The highest BCUT2D eigenvalue weighted by molar-refractivity contribution is 6.42. The number of hydrogen-bond acceptors (Lipinski definition) is 1. The van der Waals surface area contributed by atoms with Gasteiger partial charge in [0.2, 0.25) is 5.91 Å². The van der Waals surface area contributed by atoms with E-state index in [4.69, 9.17) is 23.2 Å². The molecule has 4 heteroatoms. The van der Waals surface area contributed by atoms with E-state index in [1.54, 1.807) is 32.3 Å². The van der Waals surface area contributed by atoms with Gasteiger partial charge in [0.05, 0.1) is 16.5 Å².